The molecular formula is C13H19N. The standard InChI is InChI=1S/C13H19N/c1-3-5-6-11(4-2)12-7-9-13(14)10-8-12/h3,5,7-11H,4,6,14H2,1-2H3/b5-3-. The maximum absolute atomic E-state index is 5.65. The summed E-state index contributed by atoms with van der Waals surface area (Å²) in [6.07, 6.45) is 6.63. The summed E-state index contributed by atoms with van der Waals surface area (Å²) in [7, 11) is 0. The molecule has 76 valence electrons. The fraction of sp³-hybridized carbons (Fsp3) is 0.385. The Bertz CT molecular complexity index is 285. The number of anilines is 1. The van der Waals surface area contributed by atoms with Crippen molar-refractivity contribution in [2.75, 3.05) is 5.73 Å². The number of rotatable bonds is 4. The van der Waals surface area contributed by atoms with Crippen molar-refractivity contribution in [1.82, 2.24) is 0 Å². The van der Waals surface area contributed by atoms with Crippen molar-refractivity contribution >= 4 is 5.69 Å². The average Bonchev–Trinajstić information content (AvgIpc) is 2.21. The molecule has 0 saturated carbocycles. The van der Waals surface area contributed by atoms with Crippen molar-refractivity contribution in [3.8, 4) is 0 Å². The summed E-state index contributed by atoms with van der Waals surface area (Å²) in [6.45, 7) is 4.29. The van der Waals surface area contributed by atoms with E-state index in [2.05, 4.69) is 38.1 Å². The number of nitrogens with two attached hydrogens (primary N) is 1. The van der Waals surface area contributed by atoms with Gasteiger partial charge < -0.3 is 5.73 Å². The normalized spacial score (nSPS) is 13.3. The van der Waals surface area contributed by atoms with Crippen LogP contribution in [0.15, 0.2) is 36.4 Å². The lowest BCUT2D eigenvalue weighted by atomic mass is 9.93. The summed E-state index contributed by atoms with van der Waals surface area (Å²) in [6, 6.07) is 8.22. The van der Waals surface area contributed by atoms with Gasteiger partial charge in [-0.1, -0.05) is 31.2 Å². The first kappa shape index (κ1) is 10.8. The van der Waals surface area contributed by atoms with Gasteiger partial charge in [-0.25, -0.2) is 0 Å². The lowest BCUT2D eigenvalue weighted by Gasteiger charge is -2.12. The highest BCUT2D eigenvalue weighted by Crippen LogP contribution is 2.24. The number of allylic oxidation sites excluding steroid dienone is 2. The molecule has 0 aromatic heterocycles. The molecule has 1 atom stereocenters. The van der Waals surface area contributed by atoms with Crippen LogP contribution in [-0.2, 0) is 0 Å². The predicted octanol–water partition coefficient (Wildman–Crippen LogP) is 3.73. The van der Waals surface area contributed by atoms with Gasteiger partial charge in [-0.3, -0.25) is 0 Å². The second kappa shape index (κ2) is 5.48. The summed E-state index contributed by atoms with van der Waals surface area (Å²) >= 11 is 0. The molecule has 0 fully saturated rings. The van der Waals surface area contributed by atoms with Crippen molar-refractivity contribution in [3.05, 3.63) is 42.0 Å². The molecule has 2 N–H and O–H groups in total. The Balaban J connectivity index is 2.73. The Hall–Kier alpha value is -1.24. The SMILES string of the molecule is C/C=C\CC(CC)c1ccc(N)cc1. The molecule has 1 aromatic rings. The lowest BCUT2D eigenvalue weighted by molar-refractivity contribution is 0.674. The summed E-state index contributed by atoms with van der Waals surface area (Å²) < 4.78 is 0. The van der Waals surface area contributed by atoms with E-state index in [0.717, 1.165) is 12.1 Å². The zero-order valence-electron chi connectivity index (χ0n) is 9.03. The third kappa shape index (κ3) is 2.91. The second-order valence-electron chi connectivity index (χ2n) is 3.58. The van der Waals surface area contributed by atoms with Gasteiger partial charge in [-0.2, -0.15) is 0 Å². The number of hydrogen-bond donors (Lipinski definition) is 1. The third-order valence-electron chi connectivity index (χ3n) is 2.56. The Kier molecular flexibility index (Phi) is 4.24. The molecule has 1 rings (SSSR count). The molecule has 1 unspecified atom stereocenters. The molecule has 0 spiro atoms. The number of benzene rings is 1. The van der Waals surface area contributed by atoms with E-state index in [0.29, 0.717) is 5.92 Å². The van der Waals surface area contributed by atoms with E-state index >= 15 is 0 Å². The quantitative estimate of drug-likeness (QED) is 0.567. The van der Waals surface area contributed by atoms with Gasteiger partial charge in [0.05, 0.1) is 0 Å². The van der Waals surface area contributed by atoms with Gasteiger partial charge in [-0.15, -0.1) is 0 Å². The van der Waals surface area contributed by atoms with Crippen LogP contribution in [0.5, 0.6) is 0 Å². The van der Waals surface area contributed by atoms with E-state index in [-0.39, 0.29) is 0 Å². The van der Waals surface area contributed by atoms with E-state index < -0.39 is 0 Å². The van der Waals surface area contributed by atoms with Crippen LogP contribution in [0.3, 0.4) is 0 Å². The van der Waals surface area contributed by atoms with Crippen LogP contribution >= 0.6 is 0 Å². The molecule has 1 aromatic carbocycles. The minimum Gasteiger partial charge on any atom is -0.399 e. The third-order valence-corrected chi connectivity index (χ3v) is 2.56. The topological polar surface area (TPSA) is 26.0 Å². The van der Waals surface area contributed by atoms with Gasteiger partial charge in [0.25, 0.3) is 0 Å². The molecule has 0 aliphatic heterocycles. The van der Waals surface area contributed by atoms with E-state index in [1.165, 1.54) is 12.0 Å². The van der Waals surface area contributed by atoms with Crippen molar-refractivity contribution in [2.45, 2.75) is 32.6 Å². The van der Waals surface area contributed by atoms with Crippen molar-refractivity contribution in [2.24, 2.45) is 0 Å². The maximum atomic E-state index is 5.65. The highest BCUT2D eigenvalue weighted by atomic mass is 14.5. The zero-order chi connectivity index (χ0) is 10.4. The second-order valence-corrected chi connectivity index (χ2v) is 3.58. The van der Waals surface area contributed by atoms with Crippen molar-refractivity contribution < 1.29 is 0 Å². The van der Waals surface area contributed by atoms with Crippen LogP contribution in [0.1, 0.15) is 38.2 Å². The lowest BCUT2D eigenvalue weighted by Crippen LogP contribution is -1.96. The van der Waals surface area contributed by atoms with E-state index in [1.807, 2.05) is 12.1 Å². The van der Waals surface area contributed by atoms with Gasteiger partial charge >= 0.3 is 0 Å². The minimum absolute atomic E-state index is 0.631. The van der Waals surface area contributed by atoms with Gasteiger partial charge in [0.1, 0.15) is 0 Å². The molecule has 0 amide bonds. The van der Waals surface area contributed by atoms with Crippen LogP contribution in [-0.4, -0.2) is 0 Å². The van der Waals surface area contributed by atoms with E-state index in [1.54, 1.807) is 0 Å². The first-order chi connectivity index (χ1) is 6.77. The van der Waals surface area contributed by atoms with Gasteiger partial charge in [-0.05, 0) is 43.4 Å². The predicted molar refractivity (Wildman–Crippen MR) is 63.3 cm³/mol. The van der Waals surface area contributed by atoms with Gasteiger partial charge in [0, 0.05) is 5.69 Å². The van der Waals surface area contributed by atoms with Crippen molar-refractivity contribution in [3.63, 3.8) is 0 Å². The smallest absolute Gasteiger partial charge is 0.0314 e. The Morgan fingerprint density at radius 3 is 2.43 bits per heavy atom. The molecular weight excluding hydrogens is 170 g/mol. The minimum atomic E-state index is 0.631. The summed E-state index contributed by atoms with van der Waals surface area (Å²) in [5.41, 5.74) is 7.89. The average molecular weight is 189 g/mol. The largest absolute Gasteiger partial charge is 0.399 e. The van der Waals surface area contributed by atoms with Crippen LogP contribution in [0, 0.1) is 0 Å². The summed E-state index contributed by atoms with van der Waals surface area (Å²) in [5.74, 6) is 0.631. The highest BCUT2D eigenvalue weighted by molar-refractivity contribution is 5.40. The van der Waals surface area contributed by atoms with Crippen LogP contribution in [0.25, 0.3) is 0 Å². The molecule has 0 bridgehead atoms. The molecule has 0 aliphatic rings. The molecule has 0 aliphatic carbocycles. The van der Waals surface area contributed by atoms with Crippen LogP contribution < -0.4 is 5.73 Å². The fourth-order valence-electron chi connectivity index (χ4n) is 1.61. The summed E-state index contributed by atoms with van der Waals surface area (Å²) in [5, 5.41) is 0. The number of nitrogen functional groups attached to an aromatic ring is 1. The molecule has 0 heterocycles. The molecule has 0 saturated heterocycles. The Morgan fingerprint density at radius 1 is 1.29 bits per heavy atom. The monoisotopic (exact) mass is 189 g/mol. The Morgan fingerprint density at radius 2 is 1.93 bits per heavy atom. The highest BCUT2D eigenvalue weighted by Gasteiger charge is 2.06. The summed E-state index contributed by atoms with van der Waals surface area (Å²) in [4.78, 5) is 0. The molecule has 0 radical (unpaired) electrons. The van der Waals surface area contributed by atoms with Gasteiger partial charge in [0.2, 0.25) is 0 Å². The van der Waals surface area contributed by atoms with Crippen LogP contribution in [0.4, 0.5) is 5.69 Å². The Labute approximate surface area is 86.6 Å². The van der Waals surface area contributed by atoms with Gasteiger partial charge in [0.15, 0.2) is 0 Å². The maximum Gasteiger partial charge on any atom is 0.0314 e. The fourth-order valence-corrected chi connectivity index (χ4v) is 1.61. The molecule has 1 nitrogen and oxygen atoms in total. The van der Waals surface area contributed by atoms with Crippen LogP contribution in [0.2, 0.25) is 0 Å². The van der Waals surface area contributed by atoms with Crippen molar-refractivity contribution in [1.29, 1.82) is 0 Å². The first-order valence-electron chi connectivity index (χ1n) is 5.24. The van der Waals surface area contributed by atoms with E-state index in [4.69, 9.17) is 5.73 Å². The molecule has 14 heavy (non-hydrogen) atoms. The number of hydrogen-bond acceptors (Lipinski definition) is 1. The van der Waals surface area contributed by atoms with E-state index in [9.17, 15) is 0 Å². The molecule has 1 heteroatoms. The zero-order valence-corrected chi connectivity index (χ0v) is 9.03. The first-order valence-corrected chi connectivity index (χ1v) is 5.24.